The predicted molar refractivity (Wildman–Crippen MR) is 92.4 cm³/mol. The van der Waals surface area contributed by atoms with Gasteiger partial charge < -0.3 is 5.73 Å². The van der Waals surface area contributed by atoms with Gasteiger partial charge in [-0.2, -0.15) is 18.3 Å². The molecule has 0 aliphatic heterocycles. The van der Waals surface area contributed by atoms with Gasteiger partial charge >= 0.3 is 6.18 Å². The van der Waals surface area contributed by atoms with Crippen molar-refractivity contribution >= 4 is 11.4 Å². The van der Waals surface area contributed by atoms with Crippen LogP contribution in [0.4, 0.5) is 28.9 Å². The third-order valence-corrected chi connectivity index (χ3v) is 4.00. The highest BCUT2D eigenvalue weighted by Crippen LogP contribution is 2.34. The Morgan fingerprint density at radius 2 is 1.89 bits per heavy atom. The number of aryl methyl sites for hydroxylation is 1. The van der Waals surface area contributed by atoms with Gasteiger partial charge in [0.15, 0.2) is 5.69 Å². The molecule has 0 amide bonds. The number of anilines is 2. The molecule has 0 spiro atoms. The standard InChI is InChI=1S/C18H16F4N4O/c1-25-16(9-17(24-25)18(20,21)22)14-6-5-13(8-15(14)23)26(27)10-11-3-2-4-12(19)7-11/h2-9,27H,10,23H2,1H3. The number of nitrogen functional groups attached to an aromatic ring is 1. The van der Waals surface area contributed by atoms with Crippen molar-refractivity contribution in [3.05, 3.63) is 65.6 Å². The van der Waals surface area contributed by atoms with E-state index >= 15 is 0 Å². The molecule has 5 nitrogen and oxygen atoms in total. The molecule has 0 aliphatic rings. The highest BCUT2D eigenvalue weighted by molar-refractivity contribution is 5.77. The maximum Gasteiger partial charge on any atom is 0.435 e. The molecule has 3 rings (SSSR count). The molecule has 0 radical (unpaired) electrons. The topological polar surface area (TPSA) is 67.3 Å². The largest absolute Gasteiger partial charge is 0.435 e. The Morgan fingerprint density at radius 1 is 1.15 bits per heavy atom. The summed E-state index contributed by atoms with van der Waals surface area (Å²) < 4.78 is 52.8. The molecule has 2 aromatic carbocycles. The van der Waals surface area contributed by atoms with Gasteiger partial charge in [-0.25, -0.2) is 4.39 Å². The second-order valence-electron chi connectivity index (χ2n) is 6.00. The number of alkyl halides is 3. The fraction of sp³-hybridized carbons (Fsp3) is 0.167. The van der Waals surface area contributed by atoms with Gasteiger partial charge in [0.2, 0.25) is 0 Å². The first-order chi connectivity index (χ1) is 12.6. The molecule has 9 heteroatoms. The molecule has 0 fully saturated rings. The van der Waals surface area contributed by atoms with Gasteiger partial charge in [0.1, 0.15) is 5.82 Å². The van der Waals surface area contributed by atoms with E-state index in [0.29, 0.717) is 16.8 Å². The maximum atomic E-state index is 13.2. The van der Waals surface area contributed by atoms with Crippen LogP contribution >= 0.6 is 0 Å². The second-order valence-corrected chi connectivity index (χ2v) is 6.00. The highest BCUT2D eigenvalue weighted by Gasteiger charge is 2.34. The van der Waals surface area contributed by atoms with Crippen molar-refractivity contribution in [2.45, 2.75) is 12.7 Å². The van der Waals surface area contributed by atoms with Gasteiger partial charge in [-0.1, -0.05) is 12.1 Å². The van der Waals surface area contributed by atoms with Crippen LogP contribution in [0.3, 0.4) is 0 Å². The molecule has 0 atom stereocenters. The summed E-state index contributed by atoms with van der Waals surface area (Å²) in [4.78, 5) is 0. The summed E-state index contributed by atoms with van der Waals surface area (Å²) in [5, 5.41) is 14.5. The molecule has 3 aromatic rings. The molecule has 27 heavy (non-hydrogen) atoms. The van der Waals surface area contributed by atoms with Gasteiger partial charge in [-0.05, 0) is 42.0 Å². The van der Waals surface area contributed by atoms with Crippen molar-refractivity contribution in [1.29, 1.82) is 0 Å². The Bertz CT molecular complexity index is 968. The van der Waals surface area contributed by atoms with Crippen molar-refractivity contribution in [2.24, 2.45) is 7.05 Å². The monoisotopic (exact) mass is 380 g/mol. The fourth-order valence-corrected chi connectivity index (χ4v) is 2.70. The van der Waals surface area contributed by atoms with Crippen LogP contribution in [-0.2, 0) is 19.8 Å². The average Bonchev–Trinajstić information content (AvgIpc) is 2.96. The van der Waals surface area contributed by atoms with Crippen LogP contribution in [0.1, 0.15) is 11.3 Å². The second kappa shape index (κ2) is 6.92. The number of nitrogens with zero attached hydrogens (tertiary/aromatic N) is 3. The molecule has 0 saturated heterocycles. The van der Waals surface area contributed by atoms with E-state index in [1.165, 1.54) is 43.4 Å². The Labute approximate surface area is 152 Å². The van der Waals surface area contributed by atoms with E-state index in [-0.39, 0.29) is 17.9 Å². The van der Waals surface area contributed by atoms with E-state index in [0.717, 1.165) is 15.8 Å². The van der Waals surface area contributed by atoms with E-state index < -0.39 is 17.7 Å². The van der Waals surface area contributed by atoms with Crippen LogP contribution < -0.4 is 10.8 Å². The van der Waals surface area contributed by atoms with Gasteiger partial charge in [0.25, 0.3) is 0 Å². The van der Waals surface area contributed by atoms with Crippen LogP contribution in [-0.4, -0.2) is 15.0 Å². The van der Waals surface area contributed by atoms with E-state index in [4.69, 9.17) is 5.73 Å². The van der Waals surface area contributed by atoms with E-state index in [1.807, 2.05) is 0 Å². The summed E-state index contributed by atoms with van der Waals surface area (Å²) in [6.45, 7) is 0.0144. The first-order valence-electron chi connectivity index (χ1n) is 7.87. The fourth-order valence-electron chi connectivity index (χ4n) is 2.70. The lowest BCUT2D eigenvalue weighted by Gasteiger charge is -2.18. The van der Waals surface area contributed by atoms with Crippen molar-refractivity contribution in [1.82, 2.24) is 9.78 Å². The van der Waals surface area contributed by atoms with E-state index in [9.17, 15) is 22.8 Å². The minimum absolute atomic E-state index is 0.0144. The van der Waals surface area contributed by atoms with Crippen molar-refractivity contribution in [2.75, 3.05) is 10.8 Å². The number of benzene rings is 2. The zero-order chi connectivity index (χ0) is 19.8. The lowest BCUT2D eigenvalue weighted by molar-refractivity contribution is -0.141. The zero-order valence-electron chi connectivity index (χ0n) is 14.2. The quantitative estimate of drug-likeness (QED) is 0.404. The zero-order valence-corrected chi connectivity index (χ0v) is 14.2. The highest BCUT2D eigenvalue weighted by atomic mass is 19.4. The molecule has 3 N–H and O–H groups in total. The number of hydroxylamine groups is 1. The van der Waals surface area contributed by atoms with Crippen molar-refractivity contribution in [3.8, 4) is 11.3 Å². The summed E-state index contributed by atoms with van der Waals surface area (Å²) in [6, 6.07) is 11.1. The first-order valence-corrected chi connectivity index (χ1v) is 7.87. The summed E-state index contributed by atoms with van der Waals surface area (Å²) in [7, 11) is 1.39. The smallest absolute Gasteiger partial charge is 0.398 e. The molecule has 142 valence electrons. The van der Waals surface area contributed by atoms with Crippen LogP contribution in [0.25, 0.3) is 11.3 Å². The third-order valence-electron chi connectivity index (χ3n) is 4.00. The van der Waals surface area contributed by atoms with Gasteiger partial charge in [0, 0.05) is 18.3 Å². The molecule has 0 saturated carbocycles. The molecular weight excluding hydrogens is 364 g/mol. The molecule has 1 aromatic heterocycles. The summed E-state index contributed by atoms with van der Waals surface area (Å²) >= 11 is 0. The number of hydrogen-bond acceptors (Lipinski definition) is 4. The van der Waals surface area contributed by atoms with Crippen LogP contribution in [0.2, 0.25) is 0 Å². The number of hydrogen-bond donors (Lipinski definition) is 2. The molecular formula is C18H16F4N4O. The number of rotatable bonds is 4. The van der Waals surface area contributed by atoms with E-state index in [1.54, 1.807) is 6.07 Å². The lowest BCUT2D eigenvalue weighted by Crippen LogP contribution is -2.17. The van der Waals surface area contributed by atoms with Gasteiger partial charge in [-0.15, -0.1) is 0 Å². The molecule has 0 bridgehead atoms. The maximum absolute atomic E-state index is 13.2. The Morgan fingerprint density at radius 3 is 2.48 bits per heavy atom. The Balaban J connectivity index is 1.87. The van der Waals surface area contributed by atoms with Crippen LogP contribution in [0.15, 0.2) is 48.5 Å². The number of aromatic nitrogens is 2. The normalized spacial score (nSPS) is 11.6. The lowest BCUT2D eigenvalue weighted by atomic mass is 10.1. The van der Waals surface area contributed by atoms with Crippen LogP contribution in [0.5, 0.6) is 0 Å². The van der Waals surface area contributed by atoms with Crippen molar-refractivity contribution in [3.63, 3.8) is 0 Å². The summed E-state index contributed by atoms with van der Waals surface area (Å²) in [6.07, 6.45) is -4.56. The number of halogens is 4. The van der Waals surface area contributed by atoms with E-state index in [2.05, 4.69) is 5.10 Å². The Kier molecular flexibility index (Phi) is 4.79. The molecule has 1 heterocycles. The minimum atomic E-state index is -4.56. The average molecular weight is 380 g/mol. The number of nitrogens with two attached hydrogens (primary N) is 1. The summed E-state index contributed by atoms with van der Waals surface area (Å²) in [5.74, 6) is -0.424. The summed E-state index contributed by atoms with van der Waals surface area (Å²) in [5.41, 5.74) is 6.54. The predicted octanol–water partition coefficient (Wildman–Crippen LogP) is 4.22. The minimum Gasteiger partial charge on any atom is -0.398 e. The molecule has 0 aliphatic carbocycles. The van der Waals surface area contributed by atoms with Gasteiger partial charge in [-0.3, -0.25) is 15.0 Å². The van der Waals surface area contributed by atoms with Crippen molar-refractivity contribution < 1.29 is 22.8 Å². The Hall–Kier alpha value is -3.07. The third kappa shape index (κ3) is 4.03. The molecule has 0 unspecified atom stereocenters. The first kappa shape index (κ1) is 18.7. The van der Waals surface area contributed by atoms with Gasteiger partial charge in [0.05, 0.1) is 17.9 Å². The SMILES string of the molecule is Cn1nc(C(F)(F)F)cc1-c1ccc(N(O)Cc2cccc(F)c2)cc1N. The van der Waals surface area contributed by atoms with Crippen LogP contribution in [0, 0.1) is 5.82 Å².